The number of carbonyl (C=O) groups is 2. The van der Waals surface area contributed by atoms with Crippen LogP contribution in [0.1, 0.15) is 13.3 Å². The fraction of sp³-hybridized carbons (Fsp3) is 0.400. The Morgan fingerprint density at radius 1 is 1.36 bits per heavy atom. The molecular weight excluding hydrogens is 302 g/mol. The van der Waals surface area contributed by atoms with E-state index in [0.717, 1.165) is 29.2 Å². The highest BCUT2D eigenvalue weighted by molar-refractivity contribution is 7.99. The average molecular weight is 321 g/mol. The quantitative estimate of drug-likeness (QED) is 0.622. The molecule has 2 rings (SSSR count). The summed E-state index contributed by atoms with van der Waals surface area (Å²) in [5.41, 5.74) is 1.97. The van der Waals surface area contributed by atoms with Gasteiger partial charge in [-0.1, -0.05) is 30.8 Å². The zero-order chi connectivity index (χ0) is 15.9. The molecule has 0 saturated carbocycles. The van der Waals surface area contributed by atoms with Crippen molar-refractivity contribution in [2.75, 3.05) is 19.4 Å². The van der Waals surface area contributed by atoms with Gasteiger partial charge >= 0.3 is 5.97 Å². The number of benzene rings is 1. The SMILES string of the molecule is CCCn1c(SCC(=O)OCC(=O)NC)nc2ccccc21. The van der Waals surface area contributed by atoms with Gasteiger partial charge in [-0.05, 0) is 18.6 Å². The number of fused-ring (bicyclic) bond motifs is 1. The van der Waals surface area contributed by atoms with Crippen LogP contribution in [-0.4, -0.2) is 40.8 Å². The number of carbonyl (C=O) groups excluding carboxylic acids is 2. The van der Waals surface area contributed by atoms with Gasteiger partial charge in [-0.15, -0.1) is 0 Å². The van der Waals surface area contributed by atoms with Crippen LogP contribution in [0.5, 0.6) is 0 Å². The van der Waals surface area contributed by atoms with Crippen LogP contribution >= 0.6 is 11.8 Å². The standard InChI is InChI=1S/C15H19N3O3S/c1-3-8-18-12-7-5-4-6-11(12)17-15(18)22-10-14(20)21-9-13(19)16-2/h4-7H,3,8-10H2,1-2H3,(H,16,19). The molecule has 2 aromatic rings. The van der Waals surface area contributed by atoms with Gasteiger partial charge in [0.1, 0.15) is 0 Å². The molecule has 0 bridgehead atoms. The number of esters is 1. The maximum Gasteiger partial charge on any atom is 0.316 e. The van der Waals surface area contributed by atoms with Gasteiger partial charge in [0.25, 0.3) is 5.91 Å². The molecule has 1 aromatic carbocycles. The topological polar surface area (TPSA) is 73.2 Å². The third-order valence-electron chi connectivity index (χ3n) is 3.03. The molecule has 6 nitrogen and oxygen atoms in total. The molecule has 0 atom stereocenters. The van der Waals surface area contributed by atoms with E-state index in [-0.39, 0.29) is 18.3 Å². The van der Waals surface area contributed by atoms with Crippen molar-refractivity contribution in [3.05, 3.63) is 24.3 Å². The lowest BCUT2D eigenvalue weighted by molar-refractivity contribution is -0.145. The van der Waals surface area contributed by atoms with Crippen molar-refractivity contribution < 1.29 is 14.3 Å². The molecule has 0 aliphatic carbocycles. The summed E-state index contributed by atoms with van der Waals surface area (Å²) in [6.07, 6.45) is 0.981. The Morgan fingerprint density at radius 3 is 2.86 bits per heavy atom. The number of amides is 1. The Morgan fingerprint density at radius 2 is 2.14 bits per heavy atom. The molecule has 22 heavy (non-hydrogen) atoms. The van der Waals surface area contributed by atoms with Gasteiger partial charge in [-0.2, -0.15) is 0 Å². The Balaban J connectivity index is 2.03. The molecule has 1 N–H and O–H groups in total. The molecule has 0 fully saturated rings. The number of rotatable bonds is 7. The summed E-state index contributed by atoms with van der Waals surface area (Å²) in [6.45, 7) is 2.69. The molecule has 1 amide bonds. The second kappa shape index (κ2) is 7.84. The lowest BCUT2D eigenvalue weighted by atomic mass is 10.3. The number of aromatic nitrogens is 2. The van der Waals surface area contributed by atoms with Crippen LogP contribution in [0.2, 0.25) is 0 Å². The van der Waals surface area contributed by atoms with Crippen molar-refractivity contribution in [2.24, 2.45) is 0 Å². The van der Waals surface area contributed by atoms with E-state index in [1.807, 2.05) is 24.3 Å². The van der Waals surface area contributed by atoms with E-state index in [2.05, 4.69) is 21.8 Å². The Labute approximate surface area is 133 Å². The van der Waals surface area contributed by atoms with Gasteiger partial charge in [0.05, 0.1) is 16.8 Å². The summed E-state index contributed by atoms with van der Waals surface area (Å²) < 4.78 is 6.98. The van der Waals surface area contributed by atoms with Crippen molar-refractivity contribution in [2.45, 2.75) is 25.0 Å². The fourth-order valence-electron chi connectivity index (χ4n) is 1.99. The predicted octanol–water partition coefficient (Wildman–Crippen LogP) is 1.83. The smallest absolute Gasteiger partial charge is 0.316 e. The highest BCUT2D eigenvalue weighted by Crippen LogP contribution is 2.24. The van der Waals surface area contributed by atoms with Crippen LogP contribution in [0, 0.1) is 0 Å². The Kier molecular flexibility index (Phi) is 5.83. The van der Waals surface area contributed by atoms with Gasteiger partial charge in [0.2, 0.25) is 0 Å². The van der Waals surface area contributed by atoms with Crippen molar-refractivity contribution in [1.82, 2.24) is 14.9 Å². The van der Waals surface area contributed by atoms with Gasteiger partial charge in [-0.3, -0.25) is 9.59 Å². The zero-order valence-electron chi connectivity index (χ0n) is 12.7. The molecule has 0 saturated heterocycles. The molecular formula is C15H19N3O3S. The summed E-state index contributed by atoms with van der Waals surface area (Å²) in [5, 5.41) is 3.19. The van der Waals surface area contributed by atoms with Crippen molar-refractivity contribution in [3.63, 3.8) is 0 Å². The second-order valence-electron chi connectivity index (χ2n) is 4.66. The van der Waals surface area contributed by atoms with Crippen molar-refractivity contribution >= 4 is 34.7 Å². The molecule has 0 aliphatic rings. The van der Waals surface area contributed by atoms with Gasteiger partial charge in [0, 0.05) is 13.6 Å². The first-order valence-corrected chi connectivity index (χ1v) is 8.08. The van der Waals surface area contributed by atoms with Crippen LogP contribution in [0.3, 0.4) is 0 Å². The number of para-hydroxylation sites is 2. The van der Waals surface area contributed by atoms with Crippen molar-refractivity contribution in [1.29, 1.82) is 0 Å². The van der Waals surface area contributed by atoms with Gasteiger partial charge < -0.3 is 14.6 Å². The summed E-state index contributed by atoms with van der Waals surface area (Å²) in [5.74, 6) is -0.621. The Bertz CT molecular complexity index is 669. The van der Waals surface area contributed by atoms with Crippen LogP contribution in [0.25, 0.3) is 11.0 Å². The molecule has 118 valence electrons. The molecule has 0 spiro atoms. The van der Waals surface area contributed by atoms with E-state index in [9.17, 15) is 9.59 Å². The predicted molar refractivity (Wildman–Crippen MR) is 85.8 cm³/mol. The number of hydrogen-bond donors (Lipinski definition) is 1. The number of aryl methyl sites for hydroxylation is 1. The third kappa shape index (κ3) is 4.00. The molecule has 0 radical (unpaired) electrons. The van der Waals surface area contributed by atoms with Gasteiger partial charge in [-0.25, -0.2) is 4.98 Å². The van der Waals surface area contributed by atoms with Crippen LogP contribution in [0.15, 0.2) is 29.4 Å². The first-order valence-electron chi connectivity index (χ1n) is 7.10. The van der Waals surface area contributed by atoms with E-state index >= 15 is 0 Å². The summed E-state index contributed by atoms with van der Waals surface area (Å²) >= 11 is 1.33. The number of imidazole rings is 1. The maximum absolute atomic E-state index is 11.7. The van der Waals surface area contributed by atoms with Crippen LogP contribution in [-0.2, 0) is 20.9 Å². The summed E-state index contributed by atoms with van der Waals surface area (Å²) in [7, 11) is 1.50. The van der Waals surface area contributed by atoms with Crippen LogP contribution < -0.4 is 5.32 Å². The minimum Gasteiger partial charge on any atom is -0.455 e. The highest BCUT2D eigenvalue weighted by atomic mass is 32.2. The number of likely N-dealkylation sites (N-methyl/N-ethyl adjacent to an activating group) is 1. The minimum absolute atomic E-state index is 0.129. The normalized spacial score (nSPS) is 10.6. The fourth-order valence-corrected chi connectivity index (χ4v) is 2.83. The van der Waals surface area contributed by atoms with Crippen molar-refractivity contribution in [3.8, 4) is 0 Å². The van der Waals surface area contributed by atoms with E-state index < -0.39 is 5.97 Å². The number of nitrogens with zero attached hydrogens (tertiary/aromatic N) is 2. The summed E-state index contributed by atoms with van der Waals surface area (Å²) in [6, 6.07) is 7.89. The van der Waals surface area contributed by atoms with E-state index in [1.54, 1.807) is 0 Å². The van der Waals surface area contributed by atoms with Crippen LogP contribution in [0.4, 0.5) is 0 Å². The Hall–Kier alpha value is -2.02. The molecule has 7 heteroatoms. The molecule has 1 aromatic heterocycles. The maximum atomic E-state index is 11.7. The molecule has 0 unspecified atom stereocenters. The first kappa shape index (κ1) is 16.4. The second-order valence-corrected chi connectivity index (χ2v) is 5.60. The first-order chi connectivity index (χ1) is 10.7. The summed E-state index contributed by atoms with van der Waals surface area (Å²) in [4.78, 5) is 27.3. The van der Waals surface area contributed by atoms with E-state index in [0.29, 0.717) is 0 Å². The zero-order valence-corrected chi connectivity index (χ0v) is 13.5. The molecule has 1 heterocycles. The largest absolute Gasteiger partial charge is 0.455 e. The lowest BCUT2D eigenvalue weighted by Gasteiger charge is -2.07. The minimum atomic E-state index is -0.427. The number of nitrogens with one attached hydrogen (secondary N) is 1. The highest BCUT2D eigenvalue weighted by Gasteiger charge is 2.13. The lowest BCUT2D eigenvalue weighted by Crippen LogP contribution is -2.25. The number of hydrogen-bond acceptors (Lipinski definition) is 5. The average Bonchev–Trinajstić information content (AvgIpc) is 2.89. The van der Waals surface area contributed by atoms with E-state index in [1.165, 1.54) is 18.8 Å². The van der Waals surface area contributed by atoms with E-state index in [4.69, 9.17) is 4.74 Å². The monoisotopic (exact) mass is 321 g/mol. The third-order valence-corrected chi connectivity index (χ3v) is 3.98. The number of ether oxygens (including phenoxy) is 1. The van der Waals surface area contributed by atoms with Gasteiger partial charge in [0.15, 0.2) is 11.8 Å². The molecule has 0 aliphatic heterocycles. The number of thioether (sulfide) groups is 1.